The van der Waals surface area contributed by atoms with Crippen molar-refractivity contribution in [1.29, 1.82) is 0 Å². The molecule has 0 aromatic carbocycles. The van der Waals surface area contributed by atoms with Crippen LogP contribution in [0.4, 0.5) is 0 Å². The number of hydrogen-bond acceptors (Lipinski definition) is 3. The first-order valence-electron chi connectivity index (χ1n) is 6.31. The third-order valence-electron chi connectivity index (χ3n) is 3.13. The highest BCUT2D eigenvalue weighted by Gasteiger charge is 2.45. The quantitative estimate of drug-likeness (QED) is 0.804. The van der Waals surface area contributed by atoms with Gasteiger partial charge in [0, 0.05) is 17.8 Å². The van der Waals surface area contributed by atoms with Crippen molar-refractivity contribution in [2.24, 2.45) is 0 Å². The van der Waals surface area contributed by atoms with E-state index in [-0.39, 0.29) is 11.2 Å². The number of thioether (sulfide) groups is 1. The molecule has 1 fully saturated rings. The summed E-state index contributed by atoms with van der Waals surface area (Å²) in [5, 5.41) is 3.71. The lowest BCUT2D eigenvalue weighted by atomic mass is 9.94. The molecule has 1 saturated heterocycles. The van der Waals surface area contributed by atoms with Gasteiger partial charge < -0.3 is 10.1 Å². The van der Waals surface area contributed by atoms with Crippen LogP contribution in [0.5, 0.6) is 0 Å². The molecule has 0 saturated carbocycles. The van der Waals surface area contributed by atoms with Crippen molar-refractivity contribution in [3.8, 4) is 0 Å². The largest absolute Gasteiger partial charge is 0.368 e. The monoisotopic (exact) mass is 245 g/mol. The van der Waals surface area contributed by atoms with Crippen LogP contribution < -0.4 is 5.32 Å². The Morgan fingerprint density at radius 1 is 1.38 bits per heavy atom. The molecule has 16 heavy (non-hydrogen) atoms. The third-order valence-corrected chi connectivity index (χ3v) is 4.28. The smallest absolute Gasteiger partial charge is 0.0787 e. The first-order chi connectivity index (χ1) is 7.27. The van der Waals surface area contributed by atoms with Crippen molar-refractivity contribution in [2.75, 3.05) is 11.5 Å². The Morgan fingerprint density at radius 2 is 2.00 bits per heavy atom. The van der Waals surface area contributed by atoms with Crippen LogP contribution in [0.25, 0.3) is 0 Å². The fraction of sp³-hybridized carbons (Fsp3) is 1.00. The average molecular weight is 245 g/mol. The molecule has 3 heteroatoms. The SMILES string of the molecule is CCSCC(C)NC1CC(C)(C)OC1(C)C. The van der Waals surface area contributed by atoms with Crippen molar-refractivity contribution in [1.82, 2.24) is 5.32 Å². The summed E-state index contributed by atoms with van der Waals surface area (Å²) in [6, 6.07) is 1.03. The van der Waals surface area contributed by atoms with Crippen molar-refractivity contribution in [3.05, 3.63) is 0 Å². The van der Waals surface area contributed by atoms with Gasteiger partial charge in [-0.05, 0) is 46.8 Å². The van der Waals surface area contributed by atoms with Crippen LogP contribution in [0.1, 0.15) is 48.0 Å². The van der Waals surface area contributed by atoms with Crippen LogP contribution in [-0.2, 0) is 4.74 Å². The maximum absolute atomic E-state index is 6.08. The summed E-state index contributed by atoms with van der Waals surface area (Å²) >= 11 is 2.00. The molecule has 1 N–H and O–H groups in total. The molecule has 0 amide bonds. The molecule has 1 heterocycles. The number of rotatable bonds is 5. The maximum atomic E-state index is 6.08. The second-order valence-electron chi connectivity index (χ2n) is 5.95. The maximum Gasteiger partial charge on any atom is 0.0787 e. The van der Waals surface area contributed by atoms with Gasteiger partial charge in [-0.1, -0.05) is 6.92 Å². The zero-order valence-electron chi connectivity index (χ0n) is 11.6. The van der Waals surface area contributed by atoms with Gasteiger partial charge in [-0.3, -0.25) is 0 Å². The van der Waals surface area contributed by atoms with Gasteiger partial charge in [0.25, 0.3) is 0 Å². The van der Waals surface area contributed by atoms with Crippen LogP contribution >= 0.6 is 11.8 Å². The topological polar surface area (TPSA) is 21.3 Å². The van der Waals surface area contributed by atoms with E-state index >= 15 is 0 Å². The Kier molecular flexibility index (Phi) is 4.73. The van der Waals surface area contributed by atoms with Crippen molar-refractivity contribution in [3.63, 3.8) is 0 Å². The van der Waals surface area contributed by atoms with E-state index in [1.165, 1.54) is 11.5 Å². The van der Waals surface area contributed by atoms with Crippen LogP contribution in [0.15, 0.2) is 0 Å². The van der Waals surface area contributed by atoms with Gasteiger partial charge in [-0.25, -0.2) is 0 Å². The summed E-state index contributed by atoms with van der Waals surface area (Å²) in [6.45, 7) is 13.2. The minimum atomic E-state index is -0.0470. The molecule has 1 aliphatic heterocycles. The number of hydrogen-bond donors (Lipinski definition) is 1. The van der Waals surface area contributed by atoms with Crippen LogP contribution in [-0.4, -0.2) is 34.8 Å². The standard InChI is InChI=1S/C13H27NOS/c1-7-16-9-10(2)14-11-8-12(3,4)15-13(11,5)6/h10-11,14H,7-9H2,1-6H3. The van der Waals surface area contributed by atoms with E-state index in [4.69, 9.17) is 4.74 Å². The van der Waals surface area contributed by atoms with Crippen LogP contribution in [0.2, 0.25) is 0 Å². The predicted octanol–water partition coefficient (Wildman–Crippen LogP) is 3.06. The summed E-state index contributed by atoms with van der Waals surface area (Å²) in [5.41, 5.74) is -0.0343. The lowest BCUT2D eigenvalue weighted by Crippen LogP contribution is -2.47. The zero-order valence-corrected chi connectivity index (χ0v) is 12.4. The minimum Gasteiger partial charge on any atom is -0.368 e. The highest BCUT2D eigenvalue weighted by atomic mass is 32.2. The molecule has 0 bridgehead atoms. The van der Waals surface area contributed by atoms with Crippen LogP contribution in [0, 0.1) is 0 Å². The van der Waals surface area contributed by atoms with Gasteiger partial charge in [0.15, 0.2) is 0 Å². The minimum absolute atomic E-state index is 0.0127. The van der Waals surface area contributed by atoms with Gasteiger partial charge in [0.1, 0.15) is 0 Å². The van der Waals surface area contributed by atoms with E-state index in [9.17, 15) is 0 Å². The highest BCUT2D eigenvalue weighted by Crippen LogP contribution is 2.37. The van der Waals surface area contributed by atoms with E-state index in [0.717, 1.165) is 6.42 Å². The molecular weight excluding hydrogens is 218 g/mol. The first kappa shape index (κ1) is 14.3. The predicted molar refractivity (Wildman–Crippen MR) is 73.2 cm³/mol. The summed E-state index contributed by atoms with van der Waals surface area (Å²) < 4.78 is 6.08. The zero-order chi connectivity index (χ0) is 12.4. The van der Waals surface area contributed by atoms with Gasteiger partial charge >= 0.3 is 0 Å². The average Bonchev–Trinajstić information content (AvgIpc) is 2.31. The van der Waals surface area contributed by atoms with Gasteiger partial charge in [-0.15, -0.1) is 0 Å². The fourth-order valence-electron chi connectivity index (χ4n) is 2.51. The summed E-state index contributed by atoms with van der Waals surface area (Å²) in [4.78, 5) is 0. The molecule has 0 aromatic rings. The Bertz CT molecular complexity index is 228. The molecule has 0 radical (unpaired) electrons. The van der Waals surface area contributed by atoms with E-state index in [2.05, 4.69) is 46.9 Å². The van der Waals surface area contributed by atoms with Gasteiger partial charge in [-0.2, -0.15) is 11.8 Å². The van der Waals surface area contributed by atoms with Gasteiger partial charge in [0.2, 0.25) is 0 Å². The van der Waals surface area contributed by atoms with Crippen molar-refractivity contribution >= 4 is 11.8 Å². The molecule has 0 aliphatic carbocycles. The fourth-order valence-corrected chi connectivity index (χ4v) is 3.19. The molecule has 1 aliphatic rings. The first-order valence-corrected chi connectivity index (χ1v) is 7.46. The van der Waals surface area contributed by atoms with E-state index in [0.29, 0.717) is 12.1 Å². The number of ether oxygens (including phenoxy) is 1. The van der Waals surface area contributed by atoms with E-state index in [1.54, 1.807) is 0 Å². The Balaban J connectivity index is 2.48. The number of nitrogens with one attached hydrogen (secondary N) is 1. The molecular formula is C13H27NOS. The second-order valence-corrected chi connectivity index (χ2v) is 7.27. The normalized spacial score (nSPS) is 29.2. The summed E-state index contributed by atoms with van der Waals surface area (Å²) in [5.74, 6) is 2.38. The Morgan fingerprint density at radius 3 is 2.44 bits per heavy atom. The highest BCUT2D eigenvalue weighted by molar-refractivity contribution is 7.99. The molecule has 0 spiro atoms. The lowest BCUT2D eigenvalue weighted by Gasteiger charge is -2.30. The molecule has 0 aromatic heterocycles. The van der Waals surface area contributed by atoms with E-state index < -0.39 is 0 Å². The molecule has 2 atom stereocenters. The molecule has 2 nitrogen and oxygen atoms in total. The van der Waals surface area contributed by atoms with Crippen molar-refractivity contribution in [2.45, 2.75) is 71.2 Å². The summed E-state index contributed by atoms with van der Waals surface area (Å²) in [6.07, 6.45) is 1.10. The second kappa shape index (κ2) is 5.28. The molecule has 1 rings (SSSR count). The van der Waals surface area contributed by atoms with Gasteiger partial charge in [0.05, 0.1) is 11.2 Å². The molecule has 2 unspecified atom stereocenters. The van der Waals surface area contributed by atoms with E-state index in [1.807, 2.05) is 11.8 Å². The lowest BCUT2D eigenvalue weighted by molar-refractivity contribution is -0.0702. The Hall–Kier alpha value is 0.270. The summed E-state index contributed by atoms with van der Waals surface area (Å²) in [7, 11) is 0. The molecule has 96 valence electrons. The van der Waals surface area contributed by atoms with Crippen molar-refractivity contribution < 1.29 is 4.74 Å². The third kappa shape index (κ3) is 3.94. The Labute approximate surface area is 105 Å². The van der Waals surface area contributed by atoms with Crippen LogP contribution in [0.3, 0.4) is 0 Å².